The van der Waals surface area contributed by atoms with E-state index in [1.54, 1.807) is 10.9 Å². The van der Waals surface area contributed by atoms with Crippen molar-refractivity contribution >= 4 is 62.1 Å². The summed E-state index contributed by atoms with van der Waals surface area (Å²) in [6.07, 6.45) is 3.45. The molecule has 3 heterocycles. The van der Waals surface area contributed by atoms with Crippen LogP contribution in [-0.4, -0.2) is 42.1 Å². The van der Waals surface area contributed by atoms with E-state index in [2.05, 4.69) is 41.8 Å². The summed E-state index contributed by atoms with van der Waals surface area (Å²) in [5, 5.41) is 25.3. The Morgan fingerprint density at radius 3 is 2.66 bits per heavy atom. The largest absolute Gasteiger partial charge is 0.299 e. The Balaban J connectivity index is 1.37. The highest BCUT2D eigenvalue weighted by Crippen LogP contribution is 2.27. The molecule has 0 radical (unpaired) electrons. The third kappa shape index (κ3) is 4.69. The fourth-order valence-corrected chi connectivity index (χ4v) is 5.21. The smallest absolute Gasteiger partial charge is 0.264 e. The molecule has 0 atom stereocenters. The minimum Gasteiger partial charge on any atom is -0.299 e. The molecule has 1 saturated heterocycles. The van der Waals surface area contributed by atoms with Gasteiger partial charge >= 0.3 is 0 Å². The lowest BCUT2D eigenvalue weighted by atomic mass is 10.2. The highest BCUT2D eigenvalue weighted by atomic mass is 79.9. The van der Waals surface area contributed by atoms with Gasteiger partial charge in [-0.3, -0.25) is 10.1 Å². The van der Waals surface area contributed by atoms with Crippen LogP contribution in [0, 0.1) is 6.92 Å². The highest BCUT2D eigenvalue weighted by molar-refractivity contribution is 9.10. The van der Waals surface area contributed by atoms with Crippen LogP contribution in [0.3, 0.4) is 0 Å². The lowest BCUT2D eigenvalue weighted by molar-refractivity contribution is -0.115. The predicted molar refractivity (Wildman–Crippen MR) is 154 cm³/mol. The molecule has 3 aromatic carbocycles. The van der Waals surface area contributed by atoms with Crippen LogP contribution in [0.1, 0.15) is 16.8 Å². The van der Waals surface area contributed by atoms with Crippen LogP contribution < -0.4 is 5.32 Å². The zero-order chi connectivity index (χ0) is 26.1. The van der Waals surface area contributed by atoms with E-state index in [-0.39, 0.29) is 5.91 Å². The first-order valence-electron chi connectivity index (χ1n) is 11.6. The Bertz CT molecular complexity index is 1770. The first kappa shape index (κ1) is 24.0. The van der Waals surface area contributed by atoms with E-state index in [1.165, 1.54) is 11.8 Å². The van der Waals surface area contributed by atoms with Gasteiger partial charge in [0, 0.05) is 4.47 Å². The van der Waals surface area contributed by atoms with Gasteiger partial charge in [-0.15, -0.1) is 10.2 Å². The van der Waals surface area contributed by atoms with Crippen LogP contribution in [0.25, 0.3) is 28.6 Å². The molecule has 1 aliphatic rings. The number of carbonyl (C=O) groups excluding carboxylic acids is 1. The van der Waals surface area contributed by atoms with Crippen molar-refractivity contribution in [3.63, 3.8) is 0 Å². The molecule has 1 N–H and O–H groups in total. The molecule has 11 heteroatoms. The summed E-state index contributed by atoms with van der Waals surface area (Å²) in [5.41, 5.74) is 4.86. The first-order chi connectivity index (χ1) is 18.6. The Kier molecular flexibility index (Phi) is 6.44. The molecule has 6 rings (SSSR count). The van der Waals surface area contributed by atoms with E-state index < -0.39 is 0 Å². The van der Waals surface area contributed by atoms with Gasteiger partial charge in [-0.25, -0.2) is 4.68 Å². The Morgan fingerprint density at radius 1 is 1.00 bits per heavy atom. The van der Waals surface area contributed by atoms with Crippen molar-refractivity contribution in [2.24, 2.45) is 10.2 Å². The number of amidine groups is 1. The lowest BCUT2D eigenvalue weighted by Gasteiger charge is -2.08. The molecular weight excluding hydrogens is 564 g/mol. The number of para-hydroxylation sites is 2. The maximum absolute atomic E-state index is 12.5. The number of benzene rings is 3. The number of hydrogen-bond donors (Lipinski definition) is 1. The normalized spacial score (nSPS) is 15.8. The number of halogens is 1. The van der Waals surface area contributed by atoms with Gasteiger partial charge in [-0.05, 0) is 66.7 Å². The summed E-state index contributed by atoms with van der Waals surface area (Å²) in [7, 11) is 0. The summed E-state index contributed by atoms with van der Waals surface area (Å²) >= 11 is 4.69. The number of carbonyl (C=O) groups is 1. The first-order valence-corrected chi connectivity index (χ1v) is 13.2. The highest BCUT2D eigenvalue weighted by Gasteiger charge is 2.24. The zero-order valence-corrected chi connectivity index (χ0v) is 22.4. The third-order valence-corrected chi connectivity index (χ3v) is 7.16. The van der Waals surface area contributed by atoms with Crippen molar-refractivity contribution in [3.8, 4) is 11.5 Å². The van der Waals surface area contributed by atoms with E-state index in [0.29, 0.717) is 15.9 Å². The molecule has 38 heavy (non-hydrogen) atoms. The number of aryl methyl sites for hydroxylation is 1. The van der Waals surface area contributed by atoms with Gasteiger partial charge in [0.25, 0.3) is 5.91 Å². The van der Waals surface area contributed by atoms with Gasteiger partial charge in [0.15, 0.2) is 11.0 Å². The van der Waals surface area contributed by atoms with Crippen molar-refractivity contribution in [2.45, 2.75) is 6.92 Å². The lowest BCUT2D eigenvalue weighted by Crippen LogP contribution is -2.19. The van der Waals surface area contributed by atoms with Crippen molar-refractivity contribution in [1.29, 1.82) is 0 Å². The maximum Gasteiger partial charge on any atom is 0.264 e. The summed E-state index contributed by atoms with van der Waals surface area (Å²) in [5.74, 6) is 0.469. The number of thioether (sulfide) groups is 1. The fraction of sp³-hybridized carbons (Fsp3) is 0.0370. The Labute approximate surface area is 230 Å². The van der Waals surface area contributed by atoms with E-state index in [4.69, 9.17) is 5.10 Å². The van der Waals surface area contributed by atoms with Gasteiger partial charge in [-0.1, -0.05) is 63.6 Å². The van der Waals surface area contributed by atoms with Gasteiger partial charge in [0.05, 0.1) is 33.6 Å². The average Bonchev–Trinajstić information content (AvgIpc) is 3.60. The fourth-order valence-electron chi connectivity index (χ4n) is 4.02. The van der Waals surface area contributed by atoms with Gasteiger partial charge in [0.1, 0.15) is 5.52 Å². The molecule has 0 unspecified atom stereocenters. The van der Waals surface area contributed by atoms with Crippen molar-refractivity contribution < 1.29 is 4.79 Å². The standard InChI is InChI=1S/C27H19BrN8OS/c1-17-21(16-29-32-27-30-25(37)24(38-27)15-18-8-7-9-19(28)14-18)26(35(33-17)20-10-3-2-4-11-20)36-23-13-6-5-12-22(23)31-34-36/h2-16H,1H3,(H,30,32,37). The molecule has 1 amide bonds. The number of nitrogens with one attached hydrogen (secondary N) is 1. The summed E-state index contributed by atoms with van der Waals surface area (Å²) in [6, 6.07) is 25.3. The number of rotatable bonds is 5. The van der Waals surface area contributed by atoms with E-state index in [9.17, 15) is 4.79 Å². The van der Waals surface area contributed by atoms with E-state index >= 15 is 0 Å². The Morgan fingerprint density at radius 2 is 1.82 bits per heavy atom. The minimum atomic E-state index is -0.216. The van der Waals surface area contributed by atoms with Gasteiger partial charge < -0.3 is 0 Å². The maximum atomic E-state index is 12.5. The van der Waals surface area contributed by atoms with Crippen molar-refractivity contribution in [3.05, 3.63) is 105 Å². The summed E-state index contributed by atoms with van der Waals surface area (Å²) in [6.45, 7) is 1.90. The number of hydrogen-bond acceptors (Lipinski definition) is 7. The van der Waals surface area contributed by atoms with Crippen LogP contribution in [0.15, 0.2) is 98.4 Å². The molecule has 1 aliphatic heterocycles. The third-order valence-electron chi connectivity index (χ3n) is 5.77. The second kappa shape index (κ2) is 10.2. The molecule has 186 valence electrons. The van der Waals surface area contributed by atoms with Crippen LogP contribution in [0.4, 0.5) is 0 Å². The monoisotopic (exact) mass is 582 g/mol. The molecule has 9 nitrogen and oxygen atoms in total. The Hall–Kier alpha value is -4.35. The molecule has 1 fully saturated rings. The molecule has 0 saturated carbocycles. The predicted octanol–water partition coefficient (Wildman–Crippen LogP) is 5.27. The van der Waals surface area contributed by atoms with E-state index in [1.807, 2.05) is 96.5 Å². The molecule has 0 spiro atoms. The topological polar surface area (TPSA) is 102 Å². The summed E-state index contributed by atoms with van der Waals surface area (Å²) < 4.78 is 4.51. The second-order valence-corrected chi connectivity index (χ2v) is 10.3. The number of nitrogens with zero attached hydrogens (tertiary/aromatic N) is 7. The zero-order valence-electron chi connectivity index (χ0n) is 20.0. The molecular formula is C27H19BrN8OS. The summed E-state index contributed by atoms with van der Waals surface area (Å²) in [4.78, 5) is 13.0. The van der Waals surface area contributed by atoms with Crippen LogP contribution in [-0.2, 0) is 4.79 Å². The van der Waals surface area contributed by atoms with Crippen LogP contribution in [0.5, 0.6) is 0 Å². The molecule has 0 bridgehead atoms. The van der Waals surface area contributed by atoms with Crippen LogP contribution in [0.2, 0.25) is 0 Å². The molecule has 2 aromatic heterocycles. The molecule has 5 aromatic rings. The van der Waals surface area contributed by atoms with Gasteiger partial charge in [0.2, 0.25) is 0 Å². The van der Waals surface area contributed by atoms with E-state index in [0.717, 1.165) is 38.0 Å². The number of aromatic nitrogens is 5. The number of fused-ring (bicyclic) bond motifs is 1. The van der Waals surface area contributed by atoms with Crippen LogP contribution >= 0.6 is 27.7 Å². The SMILES string of the molecule is Cc1nn(-c2ccccc2)c(-n2nnc3ccccc32)c1C=N/N=C1\NC(=O)C(=Cc2cccc(Br)c2)S1. The average molecular weight is 583 g/mol. The second-order valence-electron chi connectivity index (χ2n) is 8.33. The molecule has 0 aliphatic carbocycles. The van der Waals surface area contributed by atoms with Gasteiger partial charge in [-0.2, -0.15) is 14.9 Å². The number of amides is 1. The minimum absolute atomic E-state index is 0.216. The van der Waals surface area contributed by atoms with Crippen molar-refractivity contribution in [2.75, 3.05) is 0 Å². The van der Waals surface area contributed by atoms with Crippen molar-refractivity contribution in [1.82, 2.24) is 30.1 Å². The quantitative estimate of drug-likeness (QED) is 0.173.